The van der Waals surface area contributed by atoms with E-state index in [2.05, 4.69) is 0 Å². The maximum absolute atomic E-state index is 12.5. The lowest BCUT2D eigenvalue weighted by atomic mass is 10.2. The van der Waals surface area contributed by atoms with Crippen molar-refractivity contribution < 1.29 is 13.9 Å². The van der Waals surface area contributed by atoms with Gasteiger partial charge in [0.25, 0.3) is 0 Å². The number of carbonyl (C=O) groups excluding carboxylic acids is 1. The molecule has 0 radical (unpaired) electrons. The predicted octanol–water partition coefficient (Wildman–Crippen LogP) is 1.71. The topological polar surface area (TPSA) is 26.3 Å². The molecule has 0 saturated carbocycles. The molecule has 0 bridgehead atoms. The normalized spacial score (nSPS) is 9.50. The van der Waals surface area contributed by atoms with E-state index in [1.54, 1.807) is 6.92 Å². The van der Waals surface area contributed by atoms with Crippen LogP contribution in [0.2, 0.25) is 0 Å². The lowest BCUT2D eigenvalue weighted by molar-refractivity contribution is -0.109. The van der Waals surface area contributed by atoms with E-state index in [0.717, 1.165) is 0 Å². The smallest absolute Gasteiger partial charge is 0.157 e. The van der Waals surface area contributed by atoms with Crippen molar-refractivity contribution in [1.29, 1.82) is 0 Å². The van der Waals surface area contributed by atoms with Gasteiger partial charge in [0.15, 0.2) is 6.29 Å². The molecule has 0 saturated heterocycles. The summed E-state index contributed by atoms with van der Waals surface area (Å²) < 4.78 is 17.6. The van der Waals surface area contributed by atoms with Gasteiger partial charge in [0.1, 0.15) is 18.2 Å². The van der Waals surface area contributed by atoms with Gasteiger partial charge in [-0.15, -0.1) is 0 Å². The summed E-state index contributed by atoms with van der Waals surface area (Å²) in [5.41, 5.74) is 0.692. The molecular formula is C9H9FO2. The minimum Gasteiger partial charge on any atom is -0.486 e. The van der Waals surface area contributed by atoms with Crippen molar-refractivity contribution in [1.82, 2.24) is 0 Å². The van der Waals surface area contributed by atoms with Crippen molar-refractivity contribution in [3.63, 3.8) is 0 Å². The average Bonchev–Trinajstić information content (AvgIpc) is 2.03. The summed E-state index contributed by atoms with van der Waals surface area (Å²) >= 11 is 0. The highest BCUT2D eigenvalue weighted by atomic mass is 19.1. The Balaban J connectivity index is 2.78. The van der Waals surface area contributed by atoms with Gasteiger partial charge in [0.05, 0.1) is 0 Å². The Morgan fingerprint density at radius 3 is 2.92 bits per heavy atom. The molecule has 2 nitrogen and oxygen atoms in total. The minimum absolute atomic E-state index is 0.00642. The molecule has 0 aliphatic heterocycles. The fraction of sp³-hybridized carbons (Fsp3) is 0.222. The molecule has 3 heteroatoms. The third kappa shape index (κ3) is 2.05. The SMILES string of the molecule is Cc1cc(F)ccc1OCC=O. The first-order chi connectivity index (χ1) is 5.74. The van der Waals surface area contributed by atoms with Gasteiger partial charge >= 0.3 is 0 Å². The number of aldehydes is 1. The van der Waals surface area contributed by atoms with Gasteiger partial charge in [0.2, 0.25) is 0 Å². The summed E-state index contributed by atoms with van der Waals surface area (Å²) in [6, 6.07) is 4.17. The number of ether oxygens (including phenoxy) is 1. The molecule has 0 atom stereocenters. The van der Waals surface area contributed by atoms with E-state index >= 15 is 0 Å². The van der Waals surface area contributed by atoms with E-state index in [0.29, 0.717) is 17.6 Å². The third-order valence-corrected chi connectivity index (χ3v) is 1.44. The fourth-order valence-electron chi connectivity index (χ4n) is 0.899. The lowest BCUT2D eigenvalue weighted by Gasteiger charge is -2.04. The Morgan fingerprint density at radius 1 is 1.58 bits per heavy atom. The van der Waals surface area contributed by atoms with Gasteiger partial charge in [-0.3, -0.25) is 4.79 Å². The number of halogens is 1. The highest BCUT2D eigenvalue weighted by molar-refractivity contribution is 5.51. The van der Waals surface area contributed by atoms with E-state index in [1.165, 1.54) is 18.2 Å². The van der Waals surface area contributed by atoms with E-state index in [9.17, 15) is 9.18 Å². The first-order valence-electron chi connectivity index (χ1n) is 3.56. The maximum Gasteiger partial charge on any atom is 0.157 e. The highest BCUT2D eigenvalue weighted by Crippen LogP contribution is 2.17. The number of rotatable bonds is 3. The summed E-state index contributed by atoms with van der Waals surface area (Å²) in [5.74, 6) is 0.245. The van der Waals surface area contributed by atoms with E-state index < -0.39 is 0 Å². The number of benzene rings is 1. The molecule has 0 fully saturated rings. The third-order valence-electron chi connectivity index (χ3n) is 1.44. The zero-order chi connectivity index (χ0) is 8.97. The second-order valence-electron chi connectivity index (χ2n) is 2.39. The minimum atomic E-state index is -0.300. The average molecular weight is 168 g/mol. The van der Waals surface area contributed by atoms with E-state index in [1.807, 2.05) is 0 Å². The quantitative estimate of drug-likeness (QED) is 0.642. The van der Waals surface area contributed by atoms with Crippen molar-refractivity contribution in [2.45, 2.75) is 6.92 Å². The van der Waals surface area contributed by atoms with Crippen molar-refractivity contribution >= 4 is 6.29 Å². The molecule has 0 N–H and O–H groups in total. The van der Waals surface area contributed by atoms with Gasteiger partial charge < -0.3 is 4.74 Å². The van der Waals surface area contributed by atoms with Crippen LogP contribution in [0, 0.1) is 12.7 Å². The van der Waals surface area contributed by atoms with Crippen LogP contribution in [0.5, 0.6) is 5.75 Å². The van der Waals surface area contributed by atoms with Crippen LogP contribution in [0.25, 0.3) is 0 Å². The van der Waals surface area contributed by atoms with Gasteiger partial charge in [-0.2, -0.15) is 0 Å². The molecule has 0 amide bonds. The molecule has 0 aromatic heterocycles. The van der Waals surface area contributed by atoms with Crippen molar-refractivity contribution in [3.8, 4) is 5.75 Å². The Kier molecular flexibility index (Phi) is 2.80. The Bertz CT molecular complexity index is 284. The zero-order valence-electron chi connectivity index (χ0n) is 6.71. The molecule has 0 unspecified atom stereocenters. The maximum atomic E-state index is 12.5. The number of carbonyl (C=O) groups is 1. The first-order valence-corrected chi connectivity index (χ1v) is 3.56. The van der Waals surface area contributed by atoms with Crippen LogP contribution in [-0.4, -0.2) is 12.9 Å². The summed E-state index contributed by atoms with van der Waals surface area (Å²) in [7, 11) is 0. The fourth-order valence-corrected chi connectivity index (χ4v) is 0.899. The second-order valence-corrected chi connectivity index (χ2v) is 2.39. The first kappa shape index (κ1) is 8.71. The van der Waals surface area contributed by atoms with Crippen molar-refractivity contribution in [3.05, 3.63) is 29.6 Å². The molecule has 0 spiro atoms. The van der Waals surface area contributed by atoms with Crippen LogP contribution in [0.15, 0.2) is 18.2 Å². The Labute approximate surface area is 70.0 Å². The largest absolute Gasteiger partial charge is 0.486 e. The lowest BCUT2D eigenvalue weighted by Crippen LogP contribution is -1.99. The molecule has 12 heavy (non-hydrogen) atoms. The van der Waals surface area contributed by atoms with E-state index in [4.69, 9.17) is 4.74 Å². The van der Waals surface area contributed by atoms with Crippen LogP contribution >= 0.6 is 0 Å². The molecule has 64 valence electrons. The summed E-state index contributed by atoms with van der Waals surface area (Å²) in [6.07, 6.45) is 0.656. The molecule has 0 aliphatic carbocycles. The molecule has 0 heterocycles. The van der Waals surface area contributed by atoms with Gasteiger partial charge in [-0.1, -0.05) is 0 Å². The van der Waals surface area contributed by atoms with Gasteiger partial charge in [0, 0.05) is 0 Å². The number of hydrogen-bond donors (Lipinski definition) is 0. The van der Waals surface area contributed by atoms with Crippen molar-refractivity contribution in [2.75, 3.05) is 6.61 Å². The van der Waals surface area contributed by atoms with Gasteiger partial charge in [-0.05, 0) is 30.7 Å². The number of aryl methyl sites for hydroxylation is 1. The van der Waals surface area contributed by atoms with Crippen molar-refractivity contribution in [2.24, 2.45) is 0 Å². The number of hydrogen-bond acceptors (Lipinski definition) is 2. The van der Waals surface area contributed by atoms with Crippen LogP contribution in [0.1, 0.15) is 5.56 Å². The molecular weight excluding hydrogens is 159 g/mol. The molecule has 1 aromatic rings. The van der Waals surface area contributed by atoms with Gasteiger partial charge in [-0.25, -0.2) is 4.39 Å². The monoisotopic (exact) mass is 168 g/mol. The summed E-state index contributed by atoms with van der Waals surface area (Å²) in [5, 5.41) is 0. The van der Waals surface area contributed by atoms with Crippen LogP contribution in [0.4, 0.5) is 4.39 Å². The van der Waals surface area contributed by atoms with Crippen LogP contribution < -0.4 is 4.74 Å². The van der Waals surface area contributed by atoms with Crippen LogP contribution in [-0.2, 0) is 4.79 Å². The zero-order valence-corrected chi connectivity index (χ0v) is 6.71. The Morgan fingerprint density at radius 2 is 2.33 bits per heavy atom. The highest BCUT2D eigenvalue weighted by Gasteiger charge is 1.99. The molecule has 0 aliphatic rings. The van der Waals surface area contributed by atoms with E-state index in [-0.39, 0.29) is 12.4 Å². The predicted molar refractivity (Wildman–Crippen MR) is 42.7 cm³/mol. The van der Waals surface area contributed by atoms with Crippen LogP contribution in [0.3, 0.4) is 0 Å². The molecule has 1 aromatic carbocycles. The Hall–Kier alpha value is -1.38. The summed E-state index contributed by atoms with van der Waals surface area (Å²) in [6.45, 7) is 1.73. The second kappa shape index (κ2) is 3.85. The molecule has 1 rings (SSSR count). The standard InChI is InChI=1S/C9H9FO2/c1-7-6-8(10)2-3-9(7)12-5-4-11/h2-4,6H,5H2,1H3. The summed E-state index contributed by atoms with van der Waals surface area (Å²) in [4.78, 5) is 9.96.